The molecule has 73 heavy (non-hydrogen) atoms. The average Bonchev–Trinajstić information content (AvgIpc) is 4.12. The Morgan fingerprint density at radius 3 is 1.79 bits per heavy atom. The van der Waals surface area contributed by atoms with E-state index in [2.05, 4.69) is 113 Å². The Bertz CT molecular complexity index is 3710. The first-order valence-electron chi connectivity index (χ1n) is 22.6. The SMILES string of the molecule is CCOC(=O)CC(C)=O.Cc1cc(=O)n2[nH]c(C)nc2n1.Cc1cc(Cl)n2nc(C)nc2n1.Cc1cc(Nc2ccc3ccccc3c2)n2nc(C)nc2n1.Cc1nc(N)n[nH]1.Nc1ccc2ccccc2c1. The maximum atomic E-state index is 11.3. The summed E-state index contributed by atoms with van der Waals surface area (Å²) in [6.07, 6.45) is -0.103. The lowest BCUT2D eigenvalue weighted by Gasteiger charge is -2.09. The number of fused-ring (bicyclic) bond motifs is 5. The molecule has 0 fully saturated rings. The van der Waals surface area contributed by atoms with E-state index in [1.54, 1.807) is 45.2 Å². The van der Waals surface area contributed by atoms with Crippen molar-refractivity contribution in [1.82, 2.24) is 73.9 Å². The molecular weight excluding hydrogens is 952 g/mol. The molecule has 7 heterocycles. The summed E-state index contributed by atoms with van der Waals surface area (Å²) < 4.78 is 9.07. The van der Waals surface area contributed by atoms with E-state index < -0.39 is 5.97 Å². The number of carbonyl (C=O) groups is 2. The molecule has 4 aromatic carbocycles. The van der Waals surface area contributed by atoms with Crippen LogP contribution >= 0.6 is 11.6 Å². The number of Topliss-reactive ketones (excluding diaryl/α,β-unsaturated/α-hetero) is 1. The van der Waals surface area contributed by atoms with Gasteiger partial charge in [-0.3, -0.25) is 24.6 Å². The molecule has 7 N–H and O–H groups in total. The van der Waals surface area contributed by atoms with Crippen molar-refractivity contribution in [3.05, 3.63) is 159 Å². The Kier molecular flexibility index (Phi) is 17.9. The number of ketones is 1. The topological polar surface area (TPSA) is 298 Å². The second kappa shape index (κ2) is 24.6. The van der Waals surface area contributed by atoms with Crippen molar-refractivity contribution in [3.63, 3.8) is 0 Å². The number of carbonyl (C=O) groups excluding carboxylic acids is 2. The number of benzene rings is 4. The predicted octanol–water partition coefficient (Wildman–Crippen LogP) is 7.71. The van der Waals surface area contributed by atoms with Gasteiger partial charge < -0.3 is 21.5 Å². The number of esters is 1. The zero-order valence-electron chi connectivity index (χ0n) is 41.7. The van der Waals surface area contributed by atoms with Crippen LogP contribution in [0.1, 0.15) is 60.6 Å². The average molecular weight is 1010 g/mol. The number of aromatic nitrogens is 15. The summed E-state index contributed by atoms with van der Waals surface area (Å²) >= 11 is 5.90. The fourth-order valence-electron chi connectivity index (χ4n) is 6.72. The van der Waals surface area contributed by atoms with E-state index in [9.17, 15) is 14.4 Å². The van der Waals surface area contributed by atoms with Gasteiger partial charge in [-0.1, -0.05) is 72.3 Å². The molecule has 0 aliphatic rings. The number of H-pyrrole nitrogens is 2. The van der Waals surface area contributed by atoms with Crippen LogP contribution in [0.25, 0.3) is 38.9 Å². The molecule has 376 valence electrons. The molecule has 0 aliphatic heterocycles. The molecule has 0 radical (unpaired) electrons. The number of rotatable bonds is 5. The normalized spacial score (nSPS) is 10.4. The highest BCUT2D eigenvalue weighted by Gasteiger charge is 2.09. The van der Waals surface area contributed by atoms with Crippen LogP contribution < -0.4 is 22.3 Å². The first kappa shape index (κ1) is 53.2. The Morgan fingerprint density at radius 2 is 1.21 bits per heavy atom. The molecule has 0 spiro atoms. The van der Waals surface area contributed by atoms with Gasteiger partial charge in [0.05, 0.1) is 6.61 Å². The number of ether oxygens (including phenoxy) is 1. The number of halogens is 1. The van der Waals surface area contributed by atoms with Crippen LogP contribution in [0.5, 0.6) is 0 Å². The standard InChI is InChI=1S/C17H15N5.C10H9N.C7H7ClN4.C7H8N4O.C6H10O3.C3H6N4/c1-11-9-16(22-17(18-11)19-12(2)21-22)20-15-8-7-13-5-3-4-6-14(13)10-15;11-10-6-5-8-3-1-2-4-9(8)7-10;1-4-3-6(8)12-7(9-4)10-5(2)11-12;1-4-3-6(12)11-7(8-4)9-5(2)10-11;1-3-9-6(8)4-5(2)7;1-2-5-3(4)7-6-2/h3-10,20H,1-2H3;1-7H,11H2;3H,1-2H3;3H,1-2H3,(H,8,9,10);3-4H2,1-2H3;1H3,(H3,4,5,6,7). The van der Waals surface area contributed by atoms with Crippen molar-refractivity contribution in [2.45, 2.75) is 68.7 Å². The van der Waals surface area contributed by atoms with Gasteiger partial charge in [0, 0.05) is 40.6 Å². The van der Waals surface area contributed by atoms with E-state index in [1.807, 2.05) is 69.3 Å². The van der Waals surface area contributed by atoms with Crippen LogP contribution in [0.2, 0.25) is 5.15 Å². The number of nitrogens with one attached hydrogen (secondary N) is 3. The largest absolute Gasteiger partial charge is 0.466 e. The lowest BCUT2D eigenvalue weighted by atomic mass is 10.1. The molecule has 0 saturated carbocycles. The molecule has 22 nitrogen and oxygen atoms in total. The van der Waals surface area contributed by atoms with E-state index in [0.29, 0.717) is 58.2 Å². The molecule has 11 rings (SSSR count). The highest BCUT2D eigenvalue weighted by atomic mass is 35.5. The third-order valence-electron chi connectivity index (χ3n) is 9.73. The van der Waals surface area contributed by atoms with Crippen molar-refractivity contribution in [2.75, 3.05) is 23.4 Å². The summed E-state index contributed by atoms with van der Waals surface area (Å²) in [6.45, 7) is 16.2. The van der Waals surface area contributed by atoms with Crippen LogP contribution in [0.3, 0.4) is 0 Å². The number of nitrogens with zero attached hydrogens (tertiary/aromatic N) is 13. The summed E-state index contributed by atoms with van der Waals surface area (Å²) in [4.78, 5) is 60.7. The third kappa shape index (κ3) is 15.4. The minimum absolute atomic E-state index is 0.103. The first-order valence-corrected chi connectivity index (χ1v) is 23.0. The van der Waals surface area contributed by atoms with Crippen LogP contribution in [-0.2, 0) is 14.3 Å². The summed E-state index contributed by atoms with van der Waals surface area (Å²) in [5, 5.41) is 26.2. The van der Waals surface area contributed by atoms with Gasteiger partial charge in [0.1, 0.15) is 46.5 Å². The van der Waals surface area contributed by atoms with Crippen LogP contribution in [0.4, 0.5) is 23.1 Å². The fourth-order valence-corrected chi connectivity index (χ4v) is 6.99. The second-order valence-corrected chi connectivity index (χ2v) is 16.6. The number of aromatic amines is 2. The highest BCUT2D eigenvalue weighted by molar-refractivity contribution is 6.29. The highest BCUT2D eigenvalue weighted by Crippen LogP contribution is 2.23. The minimum Gasteiger partial charge on any atom is -0.466 e. The fraction of sp³-hybridized carbons (Fsp3) is 0.220. The maximum absolute atomic E-state index is 11.3. The van der Waals surface area contributed by atoms with E-state index in [0.717, 1.165) is 34.4 Å². The van der Waals surface area contributed by atoms with Crippen molar-refractivity contribution in [1.29, 1.82) is 0 Å². The number of aryl methyl sites for hydroxylation is 7. The van der Waals surface area contributed by atoms with Gasteiger partial charge in [-0.2, -0.15) is 33.5 Å². The van der Waals surface area contributed by atoms with Crippen molar-refractivity contribution >= 4 is 85.4 Å². The number of hydrogen-bond acceptors (Lipinski definition) is 17. The molecule has 0 bridgehead atoms. The molecule has 0 amide bonds. The minimum atomic E-state index is -0.440. The molecule has 0 atom stereocenters. The van der Waals surface area contributed by atoms with E-state index in [1.165, 1.54) is 43.6 Å². The lowest BCUT2D eigenvalue weighted by molar-refractivity contribution is -0.145. The van der Waals surface area contributed by atoms with Gasteiger partial charge in [-0.05, 0) is 114 Å². The zero-order chi connectivity index (χ0) is 52.8. The van der Waals surface area contributed by atoms with Gasteiger partial charge in [0.25, 0.3) is 22.9 Å². The van der Waals surface area contributed by atoms with Gasteiger partial charge >= 0.3 is 5.97 Å². The first-order chi connectivity index (χ1) is 34.8. The molecule has 23 heteroatoms. The smallest absolute Gasteiger partial charge is 0.313 e. The predicted molar refractivity (Wildman–Crippen MR) is 282 cm³/mol. The number of anilines is 4. The molecule has 0 saturated heterocycles. The monoisotopic (exact) mass is 1010 g/mol. The molecule has 11 aromatic rings. The summed E-state index contributed by atoms with van der Waals surface area (Å²) in [7, 11) is 0. The Labute approximate surface area is 423 Å². The summed E-state index contributed by atoms with van der Waals surface area (Å²) in [6, 6.07) is 33.9. The van der Waals surface area contributed by atoms with E-state index in [-0.39, 0.29) is 17.8 Å². The Morgan fingerprint density at radius 1 is 0.644 bits per heavy atom. The van der Waals surface area contributed by atoms with Gasteiger partial charge in [-0.15, -0.1) is 15.3 Å². The van der Waals surface area contributed by atoms with Crippen molar-refractivity contribution in [2.24, 2.45) is 0 Å². The lowest BCUT2D eigenvalue weighted by Crippen LogP contribution is -2.14. The summed E-state index contributed by atoms with van der Waals surface area (Å²) in [5.41, 5.74) is 14.9. The van der Waals surface area contributed by atoms with E-state index >= 15 is 0 Å². The van der Waals surface area contributed by atoms with Crippen LogP contribution in [0, 0.1) is 48.5 Å². The van der Waals surface area contributed by atoms with Crippen LogP contribution in [0.15, 0.2) is 108 Å². The Hall–Kier alpha value is -9.18. The zero-order valence-corrected chi connectivity index (χ0v) is 42.5. The maximum Gasteiger partial charge on any atom is 0.313 e. The Balaban J connectivity index is 0.000000149. The van der Waals surface area contributed by atoms with Crippen LogP contribution in [-0.4, -0.2) is 92.3 Å². The molecule has 0 aliphatic carbocycles. The number of hydrogen-bond donors (Lipinski definition) is 5. The summed E-state index contributed by atoms with van der Waals surface area (Å²) in [5.74, 6) is 4.97. The second-order valence-electron chi connectivity index (χ2n) is 16.2. The number of nitrogens with two attached hydrogens (primary N) is 2. The van der Waals surface area contributed by atoms with E-state index in [4.69, 9.17) is 23.1 Å². The van der Waals surface area contributed by atoms with Gasteiger partial charge in [0.15, 0.2) is 0 Å². The quantitative estimate of drug-likeness (QED) is 0.0477. The van der Waals surface area contributed by atoms with Crippen molar-refractivity contribution < 1.29 is 14.3 Å². The molecule has 0 unspecified atom stereocenters. The molecule has 7 aromatic heterocycles. The van der Waals surface area contributed by atoms with Gasteiger partial charge in [0.2, 0.25) is 5.95 Å². The molecular formula is C50H55ClN18O4. The third-order valence-corrected chi connectivity index (χ3v) is 10.00. The van der Waals surface area contributed by atoms with Crippen molar-refractivity contribution in [3.8, 4) is 0 Å². The number of nitrogen functional groups attached to an aromatic ring is 2. The van der Waals surface area contributed by atoms with Gasteiger partial charge in [-0.25, -0.2) is 15.0 Å².